The van der Waals surface area contributed by atoms with Gasteiger partial charge in [0.1, 0.15) is 11.5 Å². The molecule has 2 aromatic heterocycles. The van der Waals surface area contributed by atoms with Gasteiger partial charge in [-0.25, -0.2) is 13.5 Å². The summed E-state index contributed by atoms with van der Waals surface area (Å²) in [6.07, 6.45) is 0. The van der Waals surface area contributed by atoms with Crippen LogP contribution in [0.25, 0.3) is 16.6 Å². The molecule has 0 spiro atoms. The second-order valence-corrected chi connectivity index (χ2v) is 5.67. The van der Waals surface area contributed by atoms with Gasteiger partial charge >= 0.3 is 0 Å². The van der Waals surface area contributed by atoms with Crippen LogP contribution in [0.15, 0.2) is 33.9 Å². The number of rotatable bonds is 2. The van der Waals surface area contributed by atoms with E-state index in [9.17, 15) is 18.4 Å². The number of H-pyrrole nitrogens is 1. The highest BCUT2D eigenvalue weighted by Gasteiger charge is 2.18. The topological polar surface area (TPSA) is 59.8 Å². The van der Waals surface area contributed by atoms with Gasteiger partial charge in [0.05, 0.1) is 10.9 Å². The summed E-state index contributed by atoms with van der Waals surface area (Å²) in [5.41, 5.74) is -0.0194. The third-order valence-corrected chi connectivity index (χ3v) is 3.81. The molecule has 1 aromatic carbocycles. The van der Waals surface area contributed by atoms with Crippen LogP contribution in [-0.2, 0) is 0 Å². The highest BCUT2D eigenvalue weighted by atomic mass is 19.1. The lowest BCUT2D eigenvalue weighted by molar-refractivity contribution is 0.567. The van der Waals surface area contributed by atoms with Crippen molar-refractivity contribution in [2.24, 2.45) is 0 Å². The second kappa shape index (κ2) is 5.19. The Morgan fingerprint density at radius 1 is 1.13 bits per heavy atom. The van der Waals surface area contributed by atoms with Crippen molar-refractivity contribution in [1.82, 2.24) is 14.3 Å². The quantitative estimate of drug-likeness (QED) is 0.789. The summed E-state index contributed by atoms with van der Waals surface area (Å²) in [6.45, 7) is 5.35. The molecule has 0 aliphatic carbocycles. The van der Waals surface area contributed by atoms with Crippen LogP contribution in [0, 0.1) is 18.6 Å². The lowest BCUT2D eigenvalue weighted by Gasteiger charge is -2.13. The van der Waals surface area contributed by atoms with Gasteiger partial charge in [-0.05, 0) is 32.9 Å². The fourth-order valence-electron chi connectivity index (χ4n) is 2.86. The molecule has 0 radical (unpaired) electrons. The van der Waals surface area contributed by atoms with Crippen LogP contribution in [-0.4, -0.2) is 14.3 Å². The Balaban J connectivity index is 2.38. The number of aromatic nitrogens is 3. The molecule has 0 saturated carbocycles. The van der Waals surface area contributed by atoms with Crippen molar-refractivity contribution in [1.29, 1.82) is 0 Å². The van der Waals surface area contributed by atoms with Gasteiger partial charge in [-0.1, -0.05) is 0 Å². The first kappa shape index (κ1) is 15.2. The molecule has 0 aliphatic rings. The summed E-state index contributed by atoms with van der Waals surface area (Å²) in [5, 5.41) is 3.02. The molecule has 0 atom stereocenters. The van der Waals surface area contributed by atoms with Crippen molar-refractivity contribution >= 4 is 10.9 Å². The van der Waals surface area contributed by atoms with Crippen LogP contribution in [0.1, 0.15) is 25.6 Å². The number of aryl methyl sites for hydroxylation is 1. The molecule has 7 heteroatoms. The Kier molecular flexibility index (Phi) is 3.43. The van der Waals surface area contributed by atoms with E-state index in [0.29, 0.717) is 22.7 Å². The summed E-state index contributed by atoms with van der Waals surface area (Å²) in [7, 11) is 0. The number of hydrogen-bond donors (Lipinski definition) is 1. The molecule has 2 heterocycles. The lowest BCUT2D eigenvalue weighted by atomic mass is 10.2. The van der Waals surface area contributed by atoms with Crippen LogP contribution in [0.3, 0.4) is 0 Å². The van der Waals surface area contributed by atoms with Crippen molar-refractivity contribution in [2.75, 3.05) is 0 Å². The zero-order valence-electron chi connectivity index (χ0n) is 12.9. The third-order valence-electron chi connectivity index (χ3n) is 3.81. The number of hydrogen-bond acceptors (Lipinski definition) is 2. The van der Waals surface area contributed by atoms with E-state index in [1.54, 1.807) is 6.92 Å². The molecule has 0 saturated heterocycles. The molecule has 5 nitrogen and oxygen atoms in total. The summed E-state index contributed by atoms with van der Waals surface area (Å²) in [6, 6.07) is 4.13. The zero-order chi connectivity index (χ0) is 16.9. The van der Waals surface area contributed by atoms with Gasteiger partial charge in [-0.3, -0.25) is 14.7 Å². The summed E-state index contributed by atoms with van der Waals surface area (Å²) < 4.78 is 29.5. The predicted molar refractivity (Wildman–Crippen MR) is 83.2 cm³/mol. The molecule has 23 heavy (non-hydrogen) atoms. The SMILES string of the molecule is Cc1c2c(=O)n(-c3ccc(F)cc3F)[nH]c2cc(=O)n1C(C)C. The van der Waals surface area contributed by atoms with Gasteiger partial charge in [-0.2, -0.15) is 0 Å². The van der Waals surface area contributed by atoms with E-state index in [-0.39, 0.29) is 17.3 Å². The number of aromatic amines is 1. The minimum atomic E-state index is -0.865. The Morgan fingerprint density at radius 2 is 1.83 bits per heavy atom. The van der Waals surface area contributed by atoms with Gasteiger partial charge in [0.2, 0.25) is 0 Å². The molecule has 0 fully saturated rings. The number of benzene rings is 1. The number of fused-ring (bicyclic) bond motifs is 1. The first-order valence-electron chi connectivity index (χ1n) is 7.13. The van der Waals surface area contributed by atoms with Crippen molar-refractivity contribution < 1.29 is 8.78 Å². The fraction of sp³-hybridized carbons (Fsp3) is 0.250. The van der Waals surface area contributed by atoms with E-state index < -0.39 is 17.2 Å². The Morgan fingerprint density at radius 3 is 2.43 bits per heavy atom. The second-order valence-electron chi connectivity index (χ2n) is 5.67. The summed E-state index contributed by atoms with van der Waals surface area (Å²) in [5.74, 6) is -1.60. The molecule has 3 rings (SSSR count). The van der Waals surface area contributed by atoms with Crippen molar-refractivity contribution in [3.8, 4) is 5.69 Å². The van der Waals surface area contributed by atoms with Gasteiger partial charge in [0, 0.05) is 23.9 Å². The van der Waals surface area contributed by atoms with E-state index in [2.05, 4.69) is 5.10 Å². The number of nitrogens with zero attached hydrogens (tertiary/aromatic N) is 2. The highest BCUT2D eigenvalue weighted by Crippen LogP contribution is 2.18. The van der Waals surface area contributed by atoms with Crippen molar-refractivity contribution in [3.05, 3.63) is 62.3 Å². The van der Waals surface area contributed by atoms with E-state index in [1.807, 2.05) is 13.8 Å². The maximum atomic E-state index is 13.9. The maximum Gasteiger partial charge on any atom is 0.280 e. The molecule has 1 N–H and O–H groups in total. The smallest absolute Gasteiger partial charge is 0.280 e. The molecule has 120 valence electrons. The first-order chi connectivity index (χ1) is 10.8. The van der Waals surface area contributed by atoms with Crippen molar-refractivity contribution in [3.63, 3.8) is 0 Å². The average Bonchev–Trinajstić information content (AvgIpc) is 2.75. The Labute approximate surface area is 129 Å². The van der Waals surface area contributed by atoms with E-state index >= 15 is 0 Å². The number of pyridine rings is 1. The minimum absolute atomic E-state index is 0.101. The number of nitrogens with one attached hydrogen (secondary N) is 1. The van der Waals surface area contributed by atoms with Crippen LogP contribution in [0.2, 0.25) is 0 Å². The molecule has 3 aromatic rings. The lowest BCUT2D eigenvalue weighted by Crippen LogP contribution is -2.24. The van der Waals surface area contributed by atoms with E-state index in [4.69, 9.17) is 0 Å². The van der Waals surface area contributed by atoms with E-state index in [1.165, 1.54) is 16.7 Å². The van der Waals surface area contributed by atoms with Gasteiger partial charge in [-0.15, -0.1) is 0 Å². The molecule has 0 aliphatic heterocycles. The molecular weight excluding hydrogens is 304 g/mol. The maximum absolute atomic E-state index is 13.9. The molecule has 0 amide bonds. The fourth-order valence-corrected chi connectivity index (χ4v) is 2.86. The van der Waals surface area contributed by atoms with Gasteiger partial charge in [0.25, 0.3) is 11.1 Å². The predicted octanol–water partition coefficient (Wildman–Crippen LogP) is 2.65. The Bertz CT molecular complexity index is 1030. The van der Waals surface area contributed by atoms with Crippen LogP contribution >= 0.6 is 0 Å². The molecule has 0 bridgehead atoms. The number of halogens is 2. The Hall–Kier alpha value is -2.70. The summed E-state index contributed by atoms with van der Waals surface area (Å²) in [4.78, 5) is 24.8. The largest absolute Gasteiger partial charge is 0.309 e. The normalized spacial score (nSPS) is 11.6. The van der Waals surface area contributed by atoms with Crippen LogP contribution in [0.5, 0.6) is 0 Å². The van der Waals surface area contributed by atoms with E-state index in [0.717, 1.165) is 10.7 Å². The minimum Gasteiger partial charge on any atom is -0.309 e. The highest BCUT2D eigenvalue weighted by molar-refractivity contribution is 5.80. The summed E-state index contributed by atoms with van der Waals surface area (Å²) >= 11 is 0. The average molecular weight is 319 g/mol. The zero-order valence-corrected chi connectivity index (χ0v) is 12.9. The molecular formula is C16H15F2N3O2. The standard InChI is InChI=1S/C16H15F2N3O2/c1-8(2)20-9(3)15-12(7-14(20)22)19-21(16(15)23)13-5-4-10(17)6-11(13)18/h4-8,19H,1-3H3. The van der Waals surface area contributed by atoms with Crippen LogP contribution < -0.4 is 11.1 Å². The monoisotopic (exact) mass is 319 g/mol. The third kappa shape index (κ3) is 2.28. The van der Waals surface area contributed by atoms with Gasteiger partial charge in [0.15, 0.2) is 5.82 Å². The first-order valence-corrected chi connectivity index (χ1v) is 7.13. The molecule has 0 unspecified atom stereocenters. The van der Waals surface area contributed by atoms with Crippen LogP contribution in [0.4, 0.5) is 8.78 Å². The van der Waals surface area contributed by atoms with Crippen molar-refractivity contribution in [2.45, 2.75) is 26.8 Å². The van der Waals surface area contributed by atoms with Gasteiger partial charge < -0.3 is 4.57 Å².